The summed E-state index contributed by atoms with van der Waals surface area (Å²) in [5, 5.41) is 9.98. The zero-order valence-corrected chi connectivity index (χ0v) is 7.79. The lowest BCUT2D eigenvalue weighted by atomic mass is 9.91. The lowest BCUT2D eigenvalue weighted by Gasteiger charge is -2.36. The van der Waals surface area contributed by atoms with Crippen LogP contribution in [0.3, 0.4) is 0 Å². The molecule has 1 fully saturated rings. The number of hydrogen-bond acceptors (Lipinski definition) is 2. The first-order valence-electron chi connectivity index (χ1n) is 4.64. The van der Waals surface area contributed by atoms with Crippen LogP contribution in [-0.4, -0.2) is 18.3 Å². The van der Waals surface area contributed by atoms with E-state index in [2.05, 4.69) is 19.1 Å². The summed E-state index contributed by atoms with van der Waals surface area (Å²) in [4.78, 5) is 0. The molecule has 0 bridgehead atoms. The van der Waals surface area contributed by atoms with Gasteiger partial charge < -0.3 is 9.84 Å². The van der Waals surface area contributed by atoms with Gasteiger partial charge >= 0.3 is 0 Å². The first kappa shape index (κ1) is 8.73. The maximum atomic E-state index is 9.98. The molecule has 0 unspecified atom stereocenters. The lowest BCUT2D eigenvalue weighted by Crippen LogP contribution is -2.46. The van der Waals surface area contributed by atoms with Crippen LogP contribution in [-0.2, 0) is 16.8 Å². The normalized spacial score (nSPS) is 19.5. The number of hydrogen-bond donors (Lipinski definition) is 1. The Bertz CT molecular complexity index is 303. The van der Waals surface area contributed by atoms with Crippen molar-refractivity contribution in [1.29, 1.82) is 0 Å². The zero-order valence-electron chi connectivity index (χ0n) is 7.79. The van der Waals surface area contributed by atoms with Crippen LogP contribution in [0.5, 0.6) is 0 Å². The van der Waals surface area contributed by atoms with E-state index in [0.717, 1.165) is 12.0 Å². The summed E-state index contributed by atoms with van der Waals surface area (Å²) in [7, 11) is 0. The molecule has 13 heavy (non-hydrogen) atoms. The fourth-order valence-corrected chi connectivity index (χ4v) is 1.54. The standard InChI is InChI=1S/C11H14O2/c1-2-9-4-3-5-10(6-9)11(12)7-13-8-11/h3-6,12H,2,7-8H2,1H3. The first-order chi connectivity index (χ1) is 6.24. The van der Waals surface area contributed by atoms with E-state index >= 15 is 0 Å². The SMILES string of the molecule is CCc1cccc(C2(O)COC2)c1. The lowest BCUT2D eigenvalue weighted by molar-refractivity contribution is -0.184. The van der Waals surface area contributed by atoms with Crippen molar-refractivity contribution in [3.63, 3.8) is 0 Å². The van der Waals surface area contributed by atoms with Gasteiger partial charge in [-0.2, -0.15) is 0 Å². The van der Waals surface area contributed by atoms with Crippen LogP contribution >= 0.6 is 0 Å². The van der Waals surface area contributed by atoms with Crippen molar-refractivity contribution in [2.24, 2.45) is 0 Å². The molecule has 70 valence electrons. The molecule has 2 heteroatoms. The molecule has 2 nitrogen and oxygen atoms in total. The topological polar surface area (TPSA) is 29.5 Å². The second-order valence-corrected chi connectivity index (χ2v) is 3.58. The van der Waals surface area contributed by atoms with Crippen molar-refractivity contribution in [3.05, 3.63) is 35.4 Å². The number of rotatable bonds is 2. The molecule has 0 amide bonds. The van der Waals surface area contributed by atoms with Gasteiger partial charge in [0.25, 0.3) is 0 Å². The Morgan fingerprint density at radius 1 is 1.46 bits per heavy atom. The molecule has 2 rings (SSSR count). The van der Waals surface area contributed by atoms with Crippen molar-refractivity contribution in [2.75, 3.05) is 13.2 Å². The molecule has 0 aliphatic carbocycles. The van der Waals surface area contributed by atoms with Crippen LogP contribution in [0.1, 0.15) is 18.1 Å². The summed E-state index contributed by atoms with van der Waals surface area (Å²) >= 11 is 0. The third-order valence-electron chi connectivity index (χ3n) is 2.55. The average molecular weight is 178 g/mol. The van der Waals surface area contributed by atoms with Crippen molar-refractivity contribution < 1.29 is 9.84 Å². The van der Waals surface area contributed by atoms with Crippen molar-refractivity contribution in [2.45, 2.75) is 18.9 Å². The highest BCUT2D eigenvalue weighted by atomic mass is 16.5. The van der Waals surface area contributed by atoms with Crippen LogP contribution in [0.15, 0.2) is 24.3 Å². The molecule has 1 aliphatic rings. The Balaban J connectivity index is 2.29. The maximum Gasteiger partial charge on any atom is 0.136 e. The van der Waals surface area contributed by atoms with E-state index in [1.54, 1.807) is 0 Å². The van der Waals surface area contributed by atoms with Crippen LogP contribution in [0.2, 0.25) is 0 Å². The van der Waals surface area contributed by atoms with Gasteiger partial charge in [0.2, 0.25) is 0 Å². The Morgan fingerprint density at radius 3 is 2.77 bits per heavy atom. The van der Waals surface area contributed by atoms with Crippen molar-refractivity contribution in [1.82, 2.24) is 0 Å². The highest BCUT2D eigenvalue weighted by molar-refractivity contribution is 5.29. The van der Waals surface area contributed by atoms with Gasteiger partial charge in [-0.1, -0.05) is 31.2 Å². The molecule has 1 N–H and O–H groups in total. The zero-order chi connectivity index (χ0) is 9.31. The first-order valence-corrected chi connectivity index (χ1v) is 4.64. The minimum Gasteiger partial charge on any atom is -0.380 e. The molecule has 0 spiro atoms. The summed E-state index contributed by atoms with van der Waals surface area (Å²) in [6, 6.07) is 8.08. The number of benzene rings is 1. The molecule has 0 atom stereocenters. The molecule has 1 aliphatic heterocycles. The summed E-state index contributed by atoms with van der Waals surface area (Å²) in [6.07, 6.45) is 1.00. The second kappa shape index (κ2) is 3.13. The minimum absolute atomic E-state index is 0.431. The molecular weight excluding hydrogens is 164 g/mol. The highest BCUT2D eigenvalue weighted by Gasteiger charge is 2.37. The molecule has 0 radical (unpaired) electrons. The van der Waals surface area contributed by atoms with Gasteiger partial charge in [0, 0.05) is 0 Å². The molecule has 1 aromatic rings. The Hall–Kier alpha value is -0.860. The van der Waals surface area contributed by atoms with Gasteiger partial charge in [0.15, 0.2) is 0 Å². The van der Waals surface area contributed by atoms with Gasteiger partial charge in [-0.05, 0) is 17.5 Å². The van der Waals surface area contributed by atoms with Crippen molar-refractivity contribution in [3.8, 4) is 0 Å². The predicted octanol–water partition coefficient (Wildman–Crippen LogP) is 1.47. The molecule has 0 saturated carbocycles. The number of aryl methyl sites for hydroxylation is 1. The molecule has 1 aromatic carbocycles. The van der Waals surface area contributed by atoms with Gasteiger partial charge in [-0.3, -0.25) is 0 Å². The molecule has 1 heterocycles. The van der Waals surface area contributed by atoms with E-state index in [1.165, 1.54) is 5.56 Å². The van der Waals surface area contributed by atoms with Crippen LogP contribution < -0.4 is 0 Å². The second-order valence-electron chi connectivity index (χ2n) is 3.58. The number of aliphatic hydroxyl groups is 1. The monoisotopic (exact) mass is 178 g/mol. The van der Waals surface area contributed by atoms with Gasteiger partial charge in [0.05, 0.1) is 13.2 Å². The smallest absolute Gasteiger partial charge is 0.136 e. The van der Waals surface area contributed by atoms with E-state index in [0.29, 0.717) is 13.2 Å². The largest absolute Gasteiger partial charge is 0.380 e. The van der Waals surface area contributed by atoms with E-state index in [-0.39, 0.29) is 0 Å². The summed E-state index contributed by atoms with van der Waals surface area (Å²) in [5.74, 6) is 0. The average Bonchev–Trinajstić information content (AvgIpc) is 2.14. The van der Waals surface area contributed by atoms with Crippen molar-refractivity contribution >= 4 is 0 Å². The minimum atomic E-state index is -0.717. The van der Waals surface area contributed by atoms with Gasteiger partial charge in [-0.15, -0.1) is 0 Å². The Morgan fingerprint density at radius 2 is 2.23 bits per heavy atom. The summed E-state index contributed by atoms with van der Waals surface area (Å²) in [6.45, 7) is 2.97. The maximum absolute atomic E-state index is 9.98. The fourth-order valence-electron chi connectivity index (χ4n) is 1.54. The quantitative estimate of drug-likeness (QED) is 0.743. The third-order valence-corrected chi connectivity index (χ3v) is 2.55. The predicted molar refractivity (Wildman–Crippen MR) is 50.5 cm³/mol. The fraction of sp³-hybridized carbons (Fsp3) is 0.455. The van der Waals surface area contributed by atoms with Crippen LogP contribution in [0, 0.1) is 0 Å². The molecule has 0 aromatic heterocycles. The third kappa shape index (κ3) is 1.47. The Labute approximate surface area is 78.2 Å². The molecule has 1 saturated heterocycles. The summed E-state index contributed by atoms with van der Waals surface area (Å²) in [5.41, 5.74) is 1.53. The van der Waals surface area contributed by atoms with Crippen LogP contribution in [0.4, 0.5) is 0 Å². The Kier molecular flexibility index (Phi) is 2.10. The van der Waals surface area contributed by atoms with Gasteiger partial charge in [0.1, 0.15) is 5.60 Å². The van der Waals surface area contributed by atoms with Crippen LogP contribution in [0.25, 0.3) is 0 Å². The van der Waals surface area contributed by atoms with E-state index in [9.17, 15) is 5.11 Å². The van der Waals surface area contributed by atoms with E-state index < -0.39 is 5.60 Å². The summed E-state index contributed by atoms with van der Waals surface area (Å²) < 4.78 is 5.02. The molecular formula is C11H14O2. The highest BCUT2D eigenvalue weighted by Crippen LogP contribution is 2.29. The van der Waals surface area contributed by atoms with Gasteiger partial charge in [-0.25, -0.2) is 0 Å². The van der Waals surface area contributed by atoms with E-state index in [4.69, 9.17) is 4.74 Å². The number of ether oxygens (including phenoxy) is 1. The van der Waals surface area contributed by atoms with E-state index in [1.807, 2.05) is 12.1 Å².